The van der Waals surface area contributed by atoms with Crippen LogP contribution in [0.4, 0.5) is 13.2 Å². The summed E-state index contributed by atoms with van der Waals surface area (Å²) in [5, 5.41) is 28.3. The molecule has 0 unspecified atom stereocenters. The van der Waals surface area contributed by atoms with E-state index in [9.17, 15) is 29.0 Å². The Hall–Kier alpha value is -5.51. The zero-order valence-electron chi connectivity index (χ0n) is 17.4. The van der Waals surface area contributed by atoms with Crippen molar-refractivity contribution in [2.75, 3.05) is 0 Å². The van der Waals surface area contributed by atoms with Crippen molar-refractivity contribution in [3.05, 3.63) is 99.4 Å². The molecule has 0 radical (unpaired) electrons. The summed E-state index contributed by atoms with van der Waals surface area (Å²) in [6.07, 6.45) is 0. The van der Waals surface area contributed by atoms with Crippen LogP contribution in [0.15, 0.2) is 48.2 Å². The Labute approximate surface area is 195 Å². The van der Waals surface area contributed by atoms with Crippen LogP contribution in [-0.2, 0) is 0 Å². The molecule has 0 fully saturated rings. The van der Waals surface area contributed by atoms with Gasteiger partial charge in [0.1, 0.15) is 29.6 Å². The van der Waals surface area contributed by atoms with Crippen molar-refractivity contribution in [1.29, 1.82) is 15.8 Å². The Balaban J connectivity index is 1.84. The molecule has 9 heteroatoms. The van der Waals surface area contributed by atoms with Crippen LogP contribution in [-0.4, -0.2) is 9.97 Å². The first-order valence-corrected chi connectivity index (χ1v) is 9.88. The lowest BCUT2D eigenvalue weighted by atomic mass is 9.97. The standard InChI is InChI=1S/C26H7F3N6/c1-33-22(11-32)24-17-4-12(23-18(28)7-15(27)8-19(23)29)2-3-16(17)25-26(24)35-21-6-14(10-31)13(9-30)5-20(21)34-25/h2-8H/b24-22+. The van der Waals surface area contributed by atoms with Crippen LogP contribution in [0.3, 0.4) is 0 Å². The molecule has 5 rings (SSSR count). The highest BCUT2D eigenvalue weighted by Crippen LogP contribution is 2.46. The molecule has 0 bridgehead atoms. The predicted octanol–water partition coefficient (Wildman–Crippen LogP) is 5.64. The number of fused-ring (bicyclic) bond motifs is 4. The minimum atomic E-state index is -1.11. The second kappa shape index (κ2) is 7.81. The topological polar surface area (TPSA) is 102 Å². The third-order valence-electron chi connectivity index (χ3n) is 5.58. The van der Waals surface area contributed by atoms with E-state index in [-0.39, 0.29) is 39.2 Å². The summed E-state index contributed by atoms with van der Waals surface area (Å²) in [6.45, 7) is 7.45. The quantitative estimate of drug-likeness (QED) is 0.238. The molecule has 0 saturated heterocycles. The Morgan fingerprint density at radius 3 is 1.94 bits per heavy atom. The van der Waals surface area contributed by atoms with Gasteiger partial charge in [-0.1, -0.05) is 12.1 Å². The molecule has 1 aliphatic rings. The summed E-state index contributed by atoms with van der Waals surface area (Å²) in [4.78, 5) is 12.4. The first-order chi connectivity index (χ1) is 16.9. The maximum absolute atomic E-state index is 14.5. The van der Waals surface area contributed by atoms with Crippen molar-refractivity contribution in [3.8, 4) is 40.6 Å². The van der Waals surface area contributed by atoms with Gasteiger partial charge in [0, 0.05) is 23.3 Å². The van der Waals surface area contributed by atoms with Gasteiger partial charge in [0.25, 0.3) is 5.70 Å². The van der Waals surface area contributed by atoms with E-state index in [0.29, 0.717) is 34.5 Å². The third-order valence-corrected chi connectivity index (χ3v) is 5.58. The van der Waals surface area contributed by atoms with Gasteiger partial charge in [-0.25, -0.2) is 33.2 Å². The van der Waals surface area contributed by atoms with Crippen LogP contribution in [0, 0.1) is 58.0 Å². The lowest BCUT2D eigenvalue weighted by Gasteiger charge is -2.09. The molecular formula is C26H7F3N6. The number of nitriles is 3. The molecule has 162 valence electrons. The van der Waals surface area contributed by atoms with Crippen molar-refractivity contribution in [1.82, 2.24) is 9.97 Å². The van der Waals surface area contributed by atoms with Crippen molar-refractivity contribution in [2.24, 2.45) is 0 Å². The number of allylic oxidation sites excluding steroid dienone is 1. The van der Waals surface area contributed by atoms with Gasteiger partial charge >= 0.3 is 0 Å². The summed E-state index contributed by atoms with van der Waals surface area (Å²) in [7, 11) is 0. The molecule has 0 saturated carbocycles. The van der Waals surface area contributed by atoms with Crippen LogP contribution in [0.5, 0.6) is 0 Å². The third kappa shape index (κ3) is 3.16. The summed E-state index contributed by atoms with van der Waals surface area (Å²) >= 11 is 0. The average molecular weight is 460 g/mol. The number of nitrogens with zero attached hydrogens (tertiary/aromatic N) is 6. The van der Waals surface area contributed by atoms with Crippen LogP contribution < -0.4 is 0 Å². The lowest BCUT2D eigenvalue weighted by molar-refractivity contribution is 0.548. The normalized spacial score (nSPS) is 12.7. The highest BCUT2D eigenvalue weighted by atomic mass is 19.1. The fraction of sp³-hybridized carbons (Fsp3) is 0. The molecular weight excluding hydrogens is 453 g/mol. The number of hydrogen-bond donors (Lipinski definition) is 0. The monoisotopic (exact) mass is 460 g/mol. The number of aromatic nitrogens is 2. The van der Waals surface area contributed by atoms with E-state index in [0.717, 1.165) is 0 Å². The minimum absolute atomic E-state index is 0.0643. The van der Waals surface area contributed by atoms with Gasteiger partial charge in [0.15, 0.2) is 0 Å². The predicted molar refractivity (Wildman–Crippen MR) is 118 cm³/mol. The molecule has 1 aliphatic carbocycles. The minimum Gasteiger partial charge on any atom is -0.245 e. The van der Waals surface area contributed by atoms with Crippen molar-refractivity contribution >= 4 is 16.6 Å². The molecule has 0 amide bonds. The zero-order valence-corrected chi connectivity index (χ0v) is 17.4. The van der Waals surface area contributed by atoms with Crippen molar-refractivity contribution < 1.29 is 13.2 Å². The molecule has 4 aromatic rings. The first kappa shape index (κ1) is 21.3. The molecule has 0 N–H and O–H groups in total. The van der Waals surface area contributed by atoms with Crippen LogP contribution in [0.1, 0.15) is 22.4 Å². The highest BCUT2D eigenvalue weighted by molar-refractivity contribution is 6.03. The van der Waals surface area contributed by atoms with Crippen LogP contribution >= 0.6 is 0 Å². The lowest BCUT2D eigenvalue weighted by Crippen LogP contribution is -1.96. The van der Waals surface area contributed by atoms with Crippen LogP contribution in [0.25, 0.3) is 43.8 Å². The summed E-state index contributed by atoms with van der Waals surface area (Å²) in [6, 6.07) is 13.9. The first-order valence-electron chi connectivity index (χ1n) is 9.88. The fourth-order valence-electron chi connectivity index (χ4n) is 4.08. The summed E-state index contributed by atoms with van der Waals surface area (Å²) in [5.41, 5.74) is 1.42. The van der Waals surface area contributed by atoms with Gasteiger partial charge in [-0.2, -0.15) is 10.5 Å². The molecule has 35 heavy (non-hydrogen) atoms. The highest BCUT2D eigenvalue weighted by Gasteiger charge is 2.31. The largest absolute Gasteiger partial charge is 0.271 e. The smallest absolute Gasteiger partial charge is 0.245 e. The number of hydrogen-bond acceptors (Lipinski definition) is 5. The molecule has 1 heterocycles. The summed E-state index contributed by atoms with van der Waals surface area (Å²) in [5.74, 6) is -3.28. The van der Waals surface area contributed by atoms with Gasteiger partial charge in [0.05, 0.1) is 51.8 Å². The SMILES string of the molecule is [C-]#[N+]/C(C#N)=C1\c2cc(-c3c(F)cc(F)cc3F)ccc2-c2nc3cc(C#N)c(C#N)cc3nc21. The number of rotatable bonds is 1. The molecule has 0 spiro atoms. The van der Waals surface area contributed by atoms with Gasteiger partial charge in [-0.05, 0) is 29.3 Å². The molecule has 0 aliphatic heterocycles. The van der Waals surface area contributed by atoms with E-state index in [2.05, 4.69) is 14.8 Å². The zero-order chi connectivity index (χ0) is 24.9. The Morgan fingerprint density at radius 1 is 0.800 bits per heavy atom. The van der Waals surface area contributed by atoms with E-state index < -0.39 is 23.0 Å². The van der Waals surface area contributed by atoms with E-state index in [1.807, 2.05) is 18.2 Å². The average Bonchev–Trinajstić information content (AvgIpc) is 3.14. The van der Waals surface area contributed by atoms with E-state index in [4.69, 9.17) is 6.57 Å². The second-order valence-corrected chi connectivity index (χ2v) is 7.48. The second-order valence-electron chi connectivity index (χ2n) is 7.48. The Bertz CT molecular complexity index is 1790. The Kier molecular flexibility index (Phi) is 4.76. The number of benzene rings is 3. The van der Waals surface area contributed by atoms with Gasteiger partial charge in [-0.15, -0.1) is 0 Å². The number of halogens is 3. The van der Waals surface area contributed by atoms with Crippen LogP contribution in [0.2, 0.25) is 0 Å². The van der Waals surface area contributed by atoms with Gasteiger partial charge < -0.3 is 0 Å². The summed E-state index contributed by atoms with van der Waals surface area (Å²) < 4.78 is 42.3. The Morgan fingerprint density at radius 2 is 1.40 bits per heavy atom. The van der Waals surface area contributed by atoms with Crippen molar-refractivity contribution in [2.45, 2.75) is 0 Å². The van der Waals surface area contributed by atoms with Gasteiger partial charge in [-0.3, -0.25) is 0 Å². The van der Waals surface area contributed by atoms with E-state index in [1.54, 1.807) is 0 Å². The van der Waals surface area contributed by atoms with E-state index >= 15 is 0 Å². The molecule has 0 atom stereocenters. The maximum atomic E-state index is 14.5. The molecule has 6 nitrogen and oxygen atoms in total. The van der Waals surface area contributed by atoms with Gasteiger partial charge in [0.2, 0.25) is 0 Å². The fourth-order valence-corrected chi connectivity index (χ4v) is 4.08. The maximum Gasteiger partial charge on any atom is 0.271 e. The molecule has 3 aromatic carbocycles. The van der Waals surface area contributed by atoms with E-state index in [1.165, 1.54) is 30.3 Å². The molecule has 1 aromatic heterocycles. The van der Waals surface area contributed by atoms with Crippen molar-refractivity contribution in [3.63, 3.8) is 0 Å².